The SMILES string of the molecule is CC=C(C)C1c2ccccc2C2c3ccccc3C12. The summed E-state index contributed by atoms with van der Waals surface area (Å²) >= 11 is 0. The highest BCUT2D eigenvalue weighted by atomic mass is 14.5. The molecular weight excluding hydrogens is 228 g/mol. The van der Waals surface area contributed by atoms with Crippen molar-refractivity contribution in [3.05, 3.63) is 82.4 Å². The Bertz CT molecular complexity index is 678. The lowest BCUT2D eigenvalue weighted by Gasteiger charge is -2.38. The first-order valence-corrected chi connectivity index (χ1v) is 7.13. The summed E-state index contributed by atoms with van der Waals surface area (Å²) in [5, 5.41) is 0. The van der Waals surface area contributed by atoms with Crippen LogP contribution in [0.3, 0.4) is 0 Å². The lowest BCUT2D eigenvalue weighted by molar-refractivity contribution is 0.522. The minimum atomic E-state index is 0.584. The van der Waals surface area contributed by atoms with Crippen molar-refractivity contribution in [2.45, 2.75) is 31.6 Å². The fraction of sp³-hybridized carbons (Fsp3) is 0.263. The Balaban J connectivity index is 1.95. The van der Waals surface area contributed by atoms with Gasteiger partial charge in [0.1, 0.15) is 0 Å². The van der Waals surface area contributed by atoms with Crippen molar-refractivity contribution in [2.24, 2.45) is 0 Å². The molecule has 0 bridgehead atoms. The molecule has 2 aliphatic rings. The summed E-state index contributed by atoms with van der Waals surface area (Å²) < 4.78 is 0. The fourth-order valence-electron chi connectivity index (χ4n) is 4.09. The standard InChI is InChI=1S/C19H18/c1-3-12(2)17-13-8-4-5-9-14(13)18-15-10-6-7-11-16(15)19(17)18/h3-11,17-19H,1-2H3. The average molecular weight is 246 g/mol. The topological polar surface area (TPSA) is 0 Å². The van der Waals surface area contributed by atoms with Crippen LogP contribution in [0, 0.1) is 0 Å². The average Bonchev–Trinajstić information content (AvgIpc) is 2.74. The first-order chi connectivity index (χ1) is 9.33. The molecule has 2 aliphatic carbocycles. The van der Waals surface area contributed by atoms with E-state index in [1.165, 1.54) is 5.57 Å². The third-order valence-corrected chi connectivity index (χ3v) is 5.02. The molecule has 94 valence electrons. The Morgan fingerprint density at radius 3 is 2.00 bits per heavy atom. The lowest BCUT2D eigenvalue weighted by atomic mass is 9.64. The molecular formula is C19H18. The predicted octanol–water partition coefficient (Wildman–Crippen LogP) is 4.98. The molecule has 3 unspecified atom stereocenters. The van der Waals surface area contributed by atoms with Crippen LogP contribution in [0.1, 0.15) is 53.9 Å². The minimum Gasteiger partial charge on any atom is -0.0881 e. The van der Waals surface area contributed by atoms with Gasteiger partial charge in [-0.05, 0) is 36.1 Å². The third-order valence-electron chi connectivity index (χ3n) is 5.02. The highest BCUT2D eigenvalue weighted by Gasteiger charge is 2.49. The molecule has 0 aliphatic heterocycles. The molecule has 0 saturated heterocycles. The monoisotopic (exact) mass is 246 g/mol. The Morgan fingerprint density at radius 2 is 1.37 bits per heavy atom. The molecule has 0 heterocycles. The van der Waals surface area contributed by atoms with Crippen LogP contribution in [0.25, 0.3) is 0 Å². The highest BCUT2D eigenvalue weighted by molar-refractivity contribution is 5.62. The van der Waals surface area contributed by atoms with E-state index in [9.17, 15) is 0 Å². The molecule has 0 radical (unpaired) electrons. The molecule has 2 aromatic carbocycles. The fourth-order valence-corrected chi connectivity index (χ4v) is 4.09. The van der Waals surface area contributed by atoms with Crippen molar-refractivity contribution in [2.75, 3.05) is 0 Å². The van der Waals surface area contributed by atoms with E-state index in [1.807, 2.05) is 0 Å². The van der Waals surface area contributed by atoms with E-state index >= 15 is 0 Å². The largest absolute Gasteiger partial charge is 0.0881 e. The van der Waals surface area contributed by atoms with Crippen molar-refractivity contribution < 1.29 is 0 Å². The maximum atomic E-state index is 2.33. The molecule has 3 atom stereocenters. The van der Waals surface area contributed by atoms with Gasteiger partial charge in [0, 0.05) is 17.8 Å². The molecule has 19 heavy (non-hydrogen) atoms. The van der Waals surface area contributed by atoms with E-state index in [1.54, 1.807) is 22.3 Å². The number of hydrogen-bond acceptors (Lipinski definition) is 0. The Morgan fingerprint density at radius 1 is 0.842 bits per heavy atom. The van der Waals surface area contributed by atoms with Crippen LogP contribution in [0.5, 0.6) is 0 Å². The number of benzene rings is 2. The van der Waals surface area contributed by atoms with Gasteiger partial charge in [-0.3, -0.25) is 0 Å². The second-order valence-corrected chi connectivity index (χ2v) is 5.77. The van der Waals surface area contributed by atoms with E-state index in [0.717, 1.165) is 0 Å². The van der Waals surface area contributed by atoms with Crippen LogP contribution in [-0.2, 0) is 0 Å². The molecule has 0 amide bonds. The van der Waals surface area contributed by atoms with Gasteiger partial charge in [-0.2, -0.15) is 0 Å². The summed E-state index contributed by atoms with van der Waals surface area (Å²) in [7, 11) is 0. The van der Waals surface area contributed by atoms with Gasteiger partial charge in [-0.25, -0.2) is 0 Å². The van der Waals surface area contributed by atoms with Gasteiger partial charge in [-0.1, -0.05) is 60.2 Å². The molecule has 0 N–H and O–H groups in total. The van der Waals surface area contributed by atoms with Crippen molar-refractivity contribution in [3.63, 3.8) is 0 Å². The van der Waals surface area contributed by atoms with E-state index in [4.69, 9.17) is 0 Å². The number of allylic oxidation sites excluding steroid dienone is 2. The van der Waals surface area contributed by atoms with Crippen molar-refractivity contribution in [1.29, 1.82) is 0 Å². The van der Waals surface area contributed by atoms with Crippen molar-refractivity contribution in [3.8, 4) is 0 Å². The second kappa shape index (κ2) is 3.84. The van der Waals surface area contributed by atoms with Gasteiger partial charge >= 0.3 is 0 Å². The quantitative estimate of drug-likeness (QED) is 0.622. The van der Waals surface area contributed by atoms with Gasteiger partial charge < -0.3 is 0 Å². The summed E-state index contributed by atoms with van der Waals surface area (Å²) in [6, 6.07) is 18.0. The van der Waals surface area contributed by atoms with Crippen LogP contribution < -0.4 is 0 Å². The molecule has 0 heteroatoms. The summed E-state index contributed by atoms with van der Waals surface area (Å²) in [5.74, 6) is 1.89. The summed E-state index contributed by atoms with van der Waals surface area (Å²) in [6.45, 7) is 4.45. The molecule has 0 saturated carbocycles. The Hall–Kier alpha value is -1.82. The lowest BCUT2D eigenvalue weighted by Crippen LogP contribution is -2.24. The van der Waals surface area contributed by atoms with Gasteiger partial charge in [0.25, 0.3) is 0 Å². The van der Waals surface area contributed by atoms with Gasteiger partial charge in [0.05, 0.1) is 0 Å². The highest BCUT2D eigenvalue weighted by Crippen LogP contribution is 2.64. The normalized spacial score (nSPS) is 27.3. The maximum absolute atomic E-state index is 2.33. The van der Waals surface area contributed by atoms with Crippen LogP contribution in [0.2, 0.25) is 0 Å². The maximum Gasteiger partial charge on any atom is 0.0173 e. The number of fused-ring (bicyclic) bond motifs is 6. The molecule has 0 spiro atoms. The van der Waals surface area contributed by atoms with Crippen molar-refractivity contribution >= 4 is 0 Å². The molecule has 4 rings (SSSR count). The number of hydrogen-bond donors (Lipinski definition) is 0. The first-order valence-electron chi connectivity index (χ1n) is 7.13. The Labute approximate surface area is 114 Å². The predicted molar refractivity (Wildman–Crippen MR) is 79.6 cm³/mol. The van der Waals surface area contributed by atoms with E-state index in [0.29, 0.717) is 17.8 Å². The minimum absolute atomic E-state index is 0.584. The molecule has 0 nitrogen and oxygen atoms in total. The zero-order valence-corrected chi connectivity index (χ0v) is 11.4. The van der Waals surface area contributed by atoms with Gasteiger partial charge in [0.2, 0.25) is 0 Å². The molecule has 0 aromatic heterocycles. The van der Waals surface area contributed by atoms with Crippen LogP contribution in [-0.4, -0.2) is 0 Å². The van der Waals surface area contributed by atoms with Gasteiger partial charge in [0.15, 0.2) is 0 Å². The van der Waals surface area contributed by atoms with E-state index in [2.05, 4.69) is 68.5 Å². The van der Waals surface area contributed by atoms with E-state index < -0.39 is 0 Å². The van der Waals surface area contributed by atoms with E-state index in [-0.39, 0.29) is 0 Å². The zero-order valence-electron chi connectivity index (χ0n) is 11.4. The molecule has 0 fully saturated rings. The third kappa shape index (κ3) is 1.29. The Kier molecular flexibility index (Phi) is 2.23. The second-order valence-electron chi connectivity index (χ2n) is 5.77. The summed E-state index contributed by atoms with van der Waals surface area (Å²) in [4.78, 5) is 0. The van der Waals surface area contributed by atoms with Crippen LogP contribution >= 0.6 is 0 Å². The summed E-state index contributed by atoms with van der Waals surface area (Å²) in [5.41, 5.74) is 7.72. The first kappa shape index (κ1) is 11.0. The van der Waals surface area contributed by atoms with Gasteiger partial charge in [-0.15, -0.1) is 0 Å². The smallest absolute Gasteiger partial charge is 0.0173 e. The van der Waals surface area contributed by atoms with Crippen LogP contribution in [0.15, 0.2) is 60.2 Å². The number of rotatable bonds is 1. The zero-order chi connectivity index (χ0) is 13.0. The molecule has 2 aromatic rings. The van der Waals surface area contributed by atoms with Crippen LogP contribution in [0.4, 0.5) is 0 Å². The summed E-state index contributed by atoms with van der Waals surface area (Å²) in [6.07, 6.45) is 2.28. The van der Waals surface area contributed by atoms with Crippen molar-refractivity contribution in [1.82, 2.24) is 0 Å².